The van der Waals surface area contributed by atoms with Crippen LogP contribution >= 0.6 is 12.4 Å². The van der Waals surface area contributed by atoms with E-state index in [1.54, 1.807) is 0 Å². The first-order valence-electron chi connectivity index (χ1n) is 8.51. The van der Waals surface area contributed by atoms with Crippen LogP contribution in [0.2, 0.25) is 0 Å². The maximum Gasteiger partial charge on any atom is 0.254 e. The van der Waals surface area contributed by atoms with Gasteiger partial charge >= 0.3 is 0 Å². The number of benzene rings is 3. The van der Waals surface area contributed by atoms with Crippen LogP contribution in [0, 0.1) is 5.41 Å². The molecule has 0 aliphatic heterocycles. The Morgan fingerprint density at radius 3 is 2.35 bits per heavy atom. The number of carbonyl (C=O) groups excluding carboxylic acids is 1. The van der Waals surface area contributed by atoms with Crippen molar-refractivity contribution in [3.8, 4) is 0 Å². The fraction of sp³-hybridized carbons (Fsp3) is 0.182. The van der Waals surface area contributed by atoms with Crippen LogP contribution in [0.1, 0.15) is 29.3 Å². The molecular formula is C22H23ClN2O. The number of fused-ring (bicyclic) bond motifs is 1. The average Bonchev–Trinajstić information content (AvgIpc) is 2.66. The summed E-state index contributed by atoms with van der Waals surface area (Å²) in [5.41, 5.74) is 1.78. The third kappa shape index (κ3) is 4.50. The molecule has 134 valence electrons. The van der Waals surface area contributed by atoms with E-state index < -0.39 is 0 Å². The highest BCUT2D eigenvalue weighted by molar-refractivity contribution is 5.94. The van der Waals surface area contributed by atoms with Crippen molar-refractivity contribution in [2.75, 3.05) is 0 Å². The fourth-order valence-corrected chi connectivity index (χ4v) is 3.01. The summed E-state index contributed by atoms with van der Waals surface area (Å²) in [7, 11) is 0. The Labute approximate surface area is 160 Å². The molecule has 3 aromatic rings. The second-order valence-electron chi connectivity index (χ2n) is 6.27. The molecule has 1 N–H and O–H groups in total. The van der Waals surface area contributed by atoms with Gasteiger partial charge in [-0.25, -0.2) is 0 Å². The van der Waals surface area contributed by atoms with E-state index in [0.29, 0.717) is 18.5 Å². The molecule has 3 nitrogen and oxygen atoms in total. The lowest BCUT2D eigenvalue weighted by atomic mass is 10.0. The summed E-state index contributed by atoms with van der Waals surface area (Å²) in [5, 5.41) is 9.76. The number of rotatable bonds is 6. The Balaban J connectivity index is 0.00000243. The molecule has 0 unspecified atom stereocenters. The summed E-state index contributed by atoms with van der Waals surface area (Å²) in [6, 6.07) is 23.8. The first-order chi connectivity index (χ1) is 12.2. The molecule has 26 heavy (non-hydrogen) atoms. The number of hydrogen-bond acceptors (Lipinski definition) is 2. The Kier molecular flexibility index (Phi) is 6.93. The lowest BCUT2D eigenvalue weighted by molar-refractivity contribution is 0.0682. The number of carbonyl (C=O) groups is 1. The molecule has 0 radical (unpaired) electrons. The minimum absolute atomic E-state index is 0. The molecule has 0 bridgehead atoms. The lowest BCUT2D eigenvalue weighted by Gasteiger charge is -2.29. The zero-order valence-electron chi connectivity index (χ0n) is 14.8. The van der Waals surface area contributed by atoms with Crippen LogP contribution in [-0.4, -0.2) is 23.1 Å². The third-order valence-corrected chi connectivity index (χ3v) is 4.44. The second kappa shape index (κ2) is 9.16. The quantitative estimate of drug-likeness (QED) is 0.588. The van der Waals surface area contributed by atoms with Crippen molar-refractivity contribution in [2.45, 2.75) is 25.9 Å². The molecular weight excluding hydrogens is 344 g/mol. The first kappa shape index (κ1) is 19.7. The normalized spacial score (nSPS) is 11.4. The Bertz CT molecular complexity index is 879. The summed E-state index contributed by atoms with van der Waals surface area (Å²) in [4.78, 5) is 14.8. The van der Waals surface area contributed by atoms with E-state index in [1.807, 2.05) is 54.3 Å². The van der Waals surface area contributed by atoms with Crippen LogP contribution in [0.15, 0.2) is 72.8 Å². The molecule has 0 aromatic heterocycles. The van der Waals surface area contributed by atoms with Crippen molar-refractivity contribution in [2.24, 2.45) is 0 Å². The minimum atomic E-state index is -0.0309. The smallest absolute Gasteiger partial charge is 0.254 e. The number of halogens is 1. The largest absolute Gasteiger partial charge is 0.331 e. The summed E-state index contributed by atoms with van der Waals surface area (Å²) in [5.74, 6) is 0.00288. The molecule has 0 heterocycles. The zero-order valence-corrected chi connectivity index (χ0v) is 15.6. The summed E-state index contributed by atoms with van der Waals surface area (Å²) in [6.07, 6.45) is 1.92. The molecule has 0 saturated heterocycles. The minimum Gasteiger partial charge on any atom is -0.331 e. The molecule has 3 rings (SSSR count). The molecule has 1 atom stereocenters. The molecule has 0 aliphatic carbocycles. The van der Waals surface area contributed by atoms with Crippen molar-refractivity contribution in [3.05, 3.63) is 83.9 Å². The van der Waals surface area contributed by atoms with Gasteiger partial charge < -0.3 is 10.3 Å². The standard InChI is InChI=1S/C22H22N2O.ClH/c1-17(13-14-23)24(22(25)20-8-3-2-4-9-20)16-18-11-12-19-7-5-6-10-21(19)15-18;/h2-12,14-15,17,23H,13,16H2,1H3;1H/t17-;/m0./s1. The van der Waals surface area contributed by atoms with Crippen molar-refractivity contribution < 1.29 is 4.79 Å². The van der Waals surface area contributed by atoms with Gasteiger partial charge in [-0.3, -0.25) is 4.79 Å². The van der Waals surface area contributed by atoms with E-state index in [9.17, 15) is 4.79 Å². The van der Waals surface area contributed by atoms with Gasteiger partial charge in [0, 0.05) is 24.6 Å². The maximum atomic E-state index is 13.0. The average molecular weight is 367 g/mol. The second-order valence-corrected chi connectivity index (χ2v) is 6.27. The van der Waals surface area contributed by atoms with Crippen LogP contribution in [-0.2, 0) is 6.54 Å². The van der Waals surface area contributed by atoms with Gasteiger partial charge in [0.2, 0.25) is 0 Å². The predicted molar refractivity (Wildman–Crippen MR) is 110 cm³/mol. The van der Waals surface area contributed by atoms with Gasteiger partial charge in [0.1, 0.15) is 0 Å². The number of amides is 1. The van der Waals surface area contributed by atoms with Gasteiger partial charge in [0.15, 0.2) is 0 Å². The predicted octanol–water partition coefficient (Wildman–Crippen LogP) is 5.33. The topological polar surface area (TPSA) is 44.2 Å². The maximum absolute atomic E-state index is 13.0. The lowest BCUT2D eigenvalue weighted by Crippen LogP contribution is -2.38. The van der Waals surface area contributed by atoms with Crippen molar-refractivity contribution in [1.29, 1.82) is 5.41 Å². The van der Waals surface area contributed by atoms with Crippen LogP contribution in [0.25, 0.3) is 10.8 Å². The van der Waals surface area contributed by atoms with Gasteiger partial charge in [-0.1, -0.05) is 54.6 Å². The summed E-state index contributed by atoms with van der Waals surface area (Å²) >= 11 is 0. The van der Waals surface area contributed by atoms with Gasteiger partial charge in [0.25, 0.3) is 5.91 Å². The van der Waals surface area contributed by atoms with E-state index in [2.05, 4.69) is 30.3 Å². The van der Waals surface area contributed by atoms with Crippen molar-refractivity contribution >= 4 is 35.3 Å². The van der Waals surface area contributed by atoms with Crippen molar-refractivity contribution in [3.63, 3.8) is 0 Å². The SMILES string of the molecule is C[C@@H](CC=N)N(Cc1ccc2ccccc2c1)C(=O)c1ccccc1.Cl. The number of hydrogen-bond donors (Lipinski definition) is 1. The van der Waals surface area contributed by atoms with Crippen LogP contribution in [0.4, 0.5) is 0 Å². The van der Waals surface area contributed by atoms with E-state index >= 15 is 0 Å². The van der Waals surface area contributed by atoms with E-state index in [1.165, 1.54) is 17.0 Å². The van der Waals surface area contributed by atoms with Crippen LogP contribution in [0.3, 0.4) is 0 Å². The molecule has 3 aromatic carbocycles. The first-order valence-corrected chi connectivity index (χ1v) is 8.51. The van der Waals surface area contributed by atoms with E-state index in [-0.39, 0.29) is 24.4 Å². The molecule has 0 spiro atoms. The fourth-order valence-electron chi connectivity index (χ4n) is 3.01. The van der Waals surface area contributed by atoms with Crippen LogP contribution in [0.5, 0.6) is 0 Å². The highest BCUT2D eigenvalue weighted by atomic mass is 35.5. The van der Waals surface area contributed by atoms with Gasteiger partial charge in [-0.15, -0.1) is 12.4 Å². The van der Waals surface area contributed by atoms with Gasteiger partial charge in [-0.2, -0.15) is 0 Å². The van der Waals surface area contributed by atoms with E-state index in [0.717, 1.165) is 5.56 Å². The molecule has 0 saturated carbocycles. The zero-order chi connectivity index (χ0) is 17.6. The van der Waals surface area contributed by atoms with Crippen molar-refractivity contribution in [1.82, 2.24) is 4.90 Å². The van der Waals surface area contributed by atoms with Gasteiger partial charge in [-0.05, 0) is 47.7 Å². The highest BCUT2D eigenvalue weighted by Gasteiger charge is 2.21. The Hall–Kier alpha value is -2.65. The van der Waals surface area contributed by atoms with E-state index in [4.69, 9.17) is 5.41 Å². The molecule has 0 aliphatic rings. The summed E-state index contributed by atoms with van der Waals surface area (Å²) < 4.78 is 0. The monoisotopic (exact) mass is 366 g/mol. The molecule has 1 amide bonds. The summed E-state index contributed by atoms with van der Waals surface area (Å²) in [6.45, 7) is 2.53. The van der Waals surface area contributed by atoms with Gasteiger partial charge in [0.05, 0.1) is 0 Å². The Morgan fingerprint density at radius 1 is 1.00 bits per heavy atom. The number of nitrogens with one attached hydrogen (secondary N) is 1. The van der Waals surface area contributed by atoms with Crippen LogP contribution < -0.4 is 0 Å². The highest BCUT2D eigenvalue weighted by Crippen LogP contribution is 2.19. The molecule has 0 fully saturated rings. The molecule has 4 heteroatoms. The number of nitrogens with zero attached hydrogens (tertiary/aromatic N) is 1. The third-order valence-electron chi connectivity index (χ3n) is 4.44. The Morgan fingerprint density at radius 2 is 1.65 bits per heavy atom.